The van der Waals surface area contributed by atoms with Crippen LogP contribution in [-0.2, 0) is 85.5 Å². The number of fused-ring (bicyclic) bond motifs is 3. The number of aliphatic hydroxyl groups excluding tert-OH is 3. The number of halogens is 1. The summed E-state index contributed by atoms with van der Waals surface area (Å²) in [6.45, 7) is 30.6. The van der Waals surface area contributed by atoms with Crippen LogP contribution >= 0.6 is 34.0 Å². The molecule has 0 saturated heterocycles. The zero-order valence-corrected chi connectivity index (χ0v) is 71.9. The molecule has 3 radical (unpaired) electrons. The van der Waals surface area contributed by atoms with E-state index in [9.17, 15) is 18.8 Å². The number of hydrogen-bond acceptors (Lipinski definition) is 12. The van der Waals surface area contributed by atoms with Gasteiger partial charge in [0.25, 0.3) is 0 Å². The van der Waals surface area contributed by atoms with E-state index < -0.39 is 0 Å². The molecule has 16 heteroatoms. The summed E-state index contributed by atoms with van der Waals surface area (Å²) in [4.78, 5) is 51.6. The molecule has 7 aromatic carbocycles. The molecule has 6 heterocycles. The number of aryl methyl sites for hydroxylation is 4. The van der Waals surface area contributed by atoms with Crippen LogP contribution in [0.25, 0.3) is 107 Å². The average Bonchev–Trinajstić information content (AvgIpc) is 1.57. The first kappa shape index (κ1) is 88.0. The molecule has 13 rings (SSSR count). The van der Waals surface area contributed by atoms with E-state index in [0.717, 1.165) is 80.8 Å². The number of aliphatic hydroxyl groups is 3. The van der Waals surface area contributed by atoms with Crippen molar-refractivity contribution in [3.8, 4) is 76.2 Å². The third kappa shape index (κ3) is 26.1. The molecule has 9 nitrogen and oxygen atoms in total. The first-order valence-electron chi connectivity index (χ1n) is 33.7. The Bertz CT molecular complexity index is 5140. The summed E-state index contributed by atoms with van der Waals surface area (Å²) >= 11 is 5.14. The number of benzene rings is 7. The van der Waals surface area contributed by atoms with E-state index in [4.69, 9.17) is 30.3 Å². The van der Waals surface area contributed by atoms with Crippen molar-refractivity contribution in [2.45, 2.75) is 122 Å². The van der Waals surface area contributed by atoms with Gasteiger partial charge in [-0.15, -0.1) is 139 Å². The molecular weight excluding hydrogens is 1910 g/mol. The quantitative estimate of drug-likeness (QED) is 0.0691. The van der Waals surface area contributed by atoms with Gasteiger partial charge in [-0.05, 0) is 147 Å². The minimum atomic E-state index is -0.223. The first-order chi connectivity index (χ1) is 48.8. The van der Waals surface area contributed by atoms with Gasteiger partial charge in [-0.25, -0.2) is 4.39 Å². The number of hydrogen-bond donors (Lipinski definition) is 3. The number of thiophene rings is 3. The van der Waals surface area contributed by atoms with E-state index >= 15 is 0 Å². The number of rotatable bonds is 10. The van der Waals surface area contributed by atoms with Crippen molar-refractivity contribution in [3.05, 3.63) is 293 Å². The standard InChI is InChI=1S/C26H26NS.C25H15FNS.C24H22NS.3C5H8O2.3Ir/c1-16-12-20(14-21(13-16)26(4,5)6)22-11-10-19-15-23(28-25(19)27-22)24-17(2)8-7-9-18(24)3;26-22-12-9-18(10-13-22)24-16-21-11-14-23(27-25(21)28-24)20-8-4-7-19(15-20)17-5-2-1-3-6-17;1-16-12-19(14-20(13-16)24(2,3)4)21-11-10-18-15-22(26-23(18)25-21)17-8-6-5-7-9-17;3*1-4(6)3-5(2)7;;;/h7-11,13-15H,1-6H3;1-7,9-16H;5-11,13-15H,1-4H3;3*3,6H,1-2H3;;;/q3*-1;;;;;;. The molecule has 0 aliphatic rings. The van der Waals surface area contributed by atoms with Crippen LogP contribution in [0.2, 0.25) is 0 Å². The maximum Gasteiger partial charge on any atom is 0.155 e. The van der Waals surface area contributed by atoms with Crippen molar-refractivity contribution in [3.63, 3.8) is 0 Å². The van der Waals surface area contributed by atoms with Crippen molar-refractivity contribution in [2.75, 3.05) is 0 Å². The number of carbonyl (C=O) groups is 3. The van der Waals surface area contributed by atoms with E-state index in [1.54, 1.807) is 46.1 Å². The molecule has 0 fully saturated rings. The molecule has 0 bridgehead atoms. The molecule has 3 N–H and O–H groups in total. The smallest absolute Gasteiger partial charge is 0.155 e. The van der Waals surface area contributed by atoms with Crippen LogP contribution in [0, 0.1) is 51.7 Å². The second kappa shape index (κ2) is 40.4. The van der Waals surface area contributed by atoms with Crippen molar-refractivity contribution in [2.24, 2.45) is 0 Å². The van der Waals surface area contributed by atoms with E-state index in [0.29, 0.717) is 0 Å². The second-order valence-corrected chi connectivity index (χ2v) is 30.3. The van der Waals surface area contributed by atoms with Gasteiger partial charge in [0.05, 0.1) is 17.3 Å². The molecule has 13 aromatic rings. The van der Waals surface area contributed by atoms with Crippen LogP contribution < -0.4 is 0 Å². The van der Waals surface area contributed by atoms with Crippen molar-refractivity contribution < 1.29 is 94.4 Å². The number of aromatic nitrogens is 3. The average molecular weight is 2000 g/mol. The number of pyridine rings is 3. The predicted octanol–water partition coefficient (Wildman–Crippen LogP) is 25.0. The predicted molar refractivity (Wildman–Crippen MR) is 431 cm³/mol. The van der Waals surface area contributed by atoms with E-state index in [1.807, 2.05) is 36.4 Å². The van der Waals surface area contributed by atoms with Gasteiger partial charge in [-0.1, -0.05) is 183 Å². The first-order valence-corrected chi connectivity index (χ1v) is 36.1. The molecule has 0 atom stereocenters. The zero-order valence-electron chi connectivity index (χ0n) is 62.3. The van der Waals surface area contributed by atoms with Gasteiger partial charge in [-0.3, -0.25) is 29.3 Å². The number of ketones is 3. The maximum absolute atomic E-state index is 13.2. The Balaban J connectivity index is 0.000000248. The van der Waals surface area contributed by atoms with Crippen LogP contribution in [0.15, 0.2) is 236 Å². The molecule has 6 aromatic heterocycles. The second-order valence-electron chi connectivity index (χ2n) is 27.2. The van der Waals surface area contributed by atoms with Crippen LogP contribution in [0.1, 0.15) is 116 Å². The molecule has 0 unspecified atom stereocenters. The number of nitrogens with zero attached hydrogens (tertiary/aromatic N) is 3. The van der Waals surface area contributed by atoms with Crippen molar-refractivity contribution >= 4 is 82.0 Å². The fraction of sp³-hybridized carbons (Fsp3) is 0.200. The normalized spacial score (nSPS) is 11.2. The number of carbonyl (C=O) groups excluding carboxylic acids is 3. The third-order valence-corrected chi connectivity index (χ3v) is 19.0. The molecule has 0 spiro atoms. The summed E-state index contributed by atoms with van der Waals surface area (Å²) in [6, 6.07) is 78.5. The van der Waals surface area contributed by atoms with Crippen LogP contribution in [0.3, 0.4) is 0 Å². The third-order valence-electron chi connectivity index (χ3n) is 15.8. The SMILES string of the molecule is CC(=O)C=C(C)O.CC(=O)C=C(C)O.CC(=O)C=C(C)O.Cc1[c-]c(-c2ccc3cc(-c4c(C)cccc4C)sc3n2)cc(C(C)(C)C)c1.Cc1[c-]c(-c2ccc3cc(-c4ccccc4)sc3n2)cc(C(C)(C)C)c1.Fc1ccc(-c2cc3ccc(-c4[c-]ccc(-c5ccccc5)c4)nc3s2)cc1.[Ir].[Ir].[Ir]. The summed E-state index contributed by atoms with van der Waals surface area (Å²) in [7, 11) is 0. The topological polar surface area (TPSA) is 151 Å². The Morgan fingerprint density at radius 1 is 0.396 bits per heavy atom. The van der Waals surface area contributed by atoms with Crippen LogP contribution in [0.5, 0.6) is 0 Å². The monoisotopic (exact) mass is 2000 g/mol. The van der Waals surface area contributed by atoms with Crippen molar-refractivity contribution in [1.82, 2.24) is 15.0 Å². The minimum absolute atomic E-state index is 0. The van der Waals surface area contributed by atoms with Gasteiger partial charge in [0.1, 0.15) is 20.3 Å². The Morgan fingerprint density at radius 2 is 0.755 bits per heavy atom. The van der Waals surface area contributed by atoms with E-state index in [1.165, 1.54) is 131 Å². The summed E-state index contributed by atoms with van der Waals surface area (Å²) < 4.78 is 13.2. The molecule has 0 amide bonds. The number of allylic oxidation sites excluding steroid dienone is 6. The van der Waals surface area contributed by atoms with Gasteiger partial charge in [0.2, 0.25) is 0 Å². The maximum atomic E-state index is 13.2. The van der Waals surface area contributed by atoms with Gasteiger partial charge in [-0.2, -0.15) is 0 Å². The fourth-order valence-electron chi connectivity index (χ4n) is 10.9. The van der Waals surface area contributed by atoms with Gasteiger partial charge in [0.15, 0.2) is 17.3 Å². The zero-order chi connectivity index (χ0) is 74.9. The molecule has 0 aliphatic carbocycles. The Hall–Kier alpha value is -8.62. The van der Waals surface area contributed by atoms with Gasteiger partial charge in [0, 0.05) is 109 Å². The van der Waals surface area contributed by atoms with E-state index in [2.05, 4.69) is 227 Å². The Labute approximate surface area is 676 Å². The summed E-state index contributed by atoms with van der Waals surface area (Å²) in [5.74, 6) is -0.411. The molecule has 106 heavy (non-hydrogen) atoms. The Morgan fingerprint density at radius 3 is 1.12 bits per heavy atom. The van der Waals surface area contributed by atoms with E-state index in [-0.39, 0.29) is 112 Å². The summed E-state index contributed by atoms with van der Waals surface area (Å²) in [5, 5.41) is 28.6. The summed E-state index contributed by atoms with van der Waals surface area (Å²) in [6.07, 6.45) is 3.50. The van der Waals surface area contributed by atoms with Gasteiger partial charge < -0.3 is 15.3 Å². The van der Waals surface area contributed by atoms with Crippen LogP contribution in [-0.4, -0.2) is 47.6 Å². The Kier molecular flexibility index (Phi) is 33.5. The molecule has 0 aliphatic heterocycles. The fourth-order valence-corrected chi connectivity index (χ4v) is 14.2. The van der Waals surface area contributed by atoms with Crippen LogP contribution in [0.4, 0.5) is 4.39 Å². The van der Waals surface area contributed by atoms with Gasteiger partial charge >= 0.3 is 0 Å². The van der Waals surface area contributed by atoms with Crippen molar-refractivity contribution in [1.29, 1.82) is 0 Å². The largest absolute Gasteiger partial charge is 0.512 e. The molecule has 553 valence electrons. The molecular formula is C90H87FIr3N3O6S3-3. The summed E-state index contributed by atoms with van der Waals surface area (Å²) in [5.41, 5.74) is 19.7. The minimum Gasteiger partial charge on any atom is -0.512 e. The molecule has 0 saturated carbocycles.